The zero-order valence-electron chi connectivity index (χ0n) is 15.8. The SMILES string of the molecule is CCCN1CCC(CNC(=O)[C@H](C)N2CCc3ccccc3C2)CC1. The van der Waals surface area contributed by atoms with Crippen molar-refractivity contribution in [1.29, 1.82) is 0 Å². The number of amides is 1. The van der Waals surface area contributed by atoms with Crippen LogP contribution < -0.4 is 5.32 Å². The predicted octanol–water partition coefficient (Wildman–Crippen LogP) is 2.67. The Balaban J connectivity index is 1.43. The molecule has 1 aromatic rings. The molecule has 1 aromatic carbocycles. The van der Waals surface area contributed by atoms with Crippen molar-refractivity contribution in [3.8, 4) is 0 Å². The van der Waals surface area contributed by atoms with Gasteiger partial charge in [0.1, 0.15) is 0 Å². The standard InChI is InChI=1S/C21H33N3O/c1-3-11-23-12-8-18(9-13-23)15-22-21(25)17(2)24-14-10-19-6-4-5-7-20(19)16-24/h4-7,17-18H,3,8-16H2,1-2H3,(H,22,25)/t17-/m0/s1. The Bertz CT molecular complexity index is 566. The first kappa shape index (κ1) is 18.4. The summed E-state index contributed by atoms with van der Waals surface area (Å²) >= 11 is 0. The number of benzene rings is 1. The summed E-state index contributed by atoms with van der Waals surface area (Å²) in [7, 11) is 0. The lowest BCUT2D eigenvalue weighted by atomic mass is 9.96. The molecule has 1 saturated heterocycles. The minimum absolute atomic E-state index is 0.0477. The Hall–Kier alpha value is -1.39. The Morgan fingerprint density at radius 3 is 2.64 bits per heavy atom. The van der Waals surface area contributed by atoms with Crippen LogP contribution >= 0.6 is 0 Å². The highest BCUT2D eigenvalue weighted by Crippen LogP contribution is 2.20. The fraction of sp³-hybridized carbons (Fsp3) is 0.667. The van der Waals surface area contributed by atoms with Gasteiger partial charge in [0.15, 0.2) is 0 Å². The zero-order chi connectivity index (χ0) is 17.6. The third-order valence-electron chi connectivity index (χ3n) is 5.90. The normalized spacial score (nSPS) is 20.9. The van der Waals surface area contributed by atoms with E-state index < -0.39 is 0 Å². The fourth-order valence-corrected chi connectivity index (χ4v) is 4.14. The van der Waals surface area contributed by atoms with Crippen LogP contribution in [-0.4, -0.2) is 54.5 Å². The lowest BCUT2D eigenvalue weighted by molar-refractivity contribution is -0.126. The van der Waals surface area contributed by atoms with E-state index in [0.29, 0.717) is 5.92 Å². The lowest BCUT2D eigenvalue weighted by Crippen LogP contribution is -2.48. The highest BCUT2D eigenvalue weighted by atomic mass is 16.2. The average Bonchev–Trinajstić information content (AvgIpc) is 2.66. The third-order valence-corrected chi connectivity index (χ3v) is 5.90. The van der Waals surface area contributed by atoms with Gasteiger partial charge in [0.2, 0.25) is 5.91 Å². The third kappa shape index (κ3) is 4.83. The molecule has 1 N–H and O–H groups in total. The maximum Gasteiger partial charge on any atom is 0.237 e. The number of hydrogen-bond donors (Lipinski definition) is 1. The number of nitrogens with one attached hydrogen (secondary N) is 1. The summed E-state index contributed by atoms with van der Waals surface area (Å²) in [5.74, 6) is 0.835. The minimum atomic E-state index is -0.0477. The van der Waals surface area contributed by atoms with E-state index in [2.05, 4.69) is 46.3 Å². The van der Waals surface area contributed by atoms with Gasteiger partial charge in [0, 0.05) is 19.6 Å². The van der Waals surface area contributed by atoms with Crippen molar-refractivity contribution >= 4 is 5.91 Å². The monoisotopic (exact) mass is 343 g/mol. The summed E-state index contributed by atoms with van der Waals surface area (Å²) in [6, 6.07) is 8.56. The van der Waals surface area contributed by atoms with Crippen LogP contribution in [0, 0.1) is 5.92 Å². The van der Waals surface area contributed by atoms with Gasteiger partial charge in [-0.1, -0.05) is 31.2 Å². The molecule has 0 unspecified atom stereocenters. The lowest BCUT2D eigenvalue weighted by Gasteiger charge is -2.34. The van der Waals surface area contributed by atoms with Crippen LogP contribution in [0.1, 0.15) is 44.2 Å². The van der Waals surface area contributed by atoms with Crippen LogP contribution in [-0.2, 0) is 17.8 Å². The molecule has 138 valence electrons. The number of likely N-dealkylation sites (tertiary alicyclic amines) is 1. The molecular weight excluding hydrogens is 310 g/mol. The second-order valence-electron chi connectivity index (χ2n) is 7.70. The van der Waals surface area contributed by atoms with Gasteiger partial charge >= 0.3 is 0 Å². The summed E-state index contributed by atoms with van der Waals surface area (Å²) in [6.45, 7) is 10.6. The molecule has 4 nitrogen and oxygen atoms in total. The Morgan fingerprint density at radius 2 is 1.92 bits per heavy atom. The van der Waals surface area contributed by atoms with E-state index in [0.717, 1.165) is 26.1 Å². The molecular formula is C21H33N3O. The smallest absolute Gasteiger partial charge is 0.237 e. The molecule has 1 fully saturated rings. The highest BCUT2D eigenvalue weighted by Gasteiger charge is 2.26. The molecule has 0 spiro atoms. The summed E-state index contributed by atoms with van der Waals surface area (Å²) in [5, 5.41) is 3.22. The largest absolute Gasteiger partial charge is 0.354 e. The van der Waals surface area contributed by atoms with Crippen molar-refractivity contribution in [1.82, 2.24) is 15.1 Å². The van der Waals surface area contributed by atoms with E-state index in [1.807, 2.05) is 6.92 Å². The van der Waals surface area contributed by atoms with Crippen molar-refractivity contribution in [3.05, 3.63) is 35.4 Å². The number of fused-ring (bicyclic) bond motifs is 1. The Kier molecular flexibility index (Phi) is 6.49. The molecule has 4 heteroatoms. The molecule has 1 atom stereocenters. The number of carbonyl (C=O) groups excluding carboxylic acids is 1. The Labute approximate surface area is 152 Å². The van der Waals surface area contributed by atoms with Crippen molar-refractivity contribution in [2.24, 2.45) is 5.92 Å². The molecule has 2 aliphatic heterocycles. The van der Waals surface area contributed by atoms with Gasteiger partial charge in [-0.25, -0.2) is 0 Å². The second-order valence-corrected chi connectivity index (χ2v) is 7.70. The van der Waals surface area contributed by atoms with Gasteiger partial charge in [0.25, 0.3) is 0 Å². The molecule has 25 heavy (non-hydrogen) atoms. The van der Waals surface area contributed by atoms with Crippen LogP contribution in [0.3, 0.4) is 0 Å². The molecule has 3 rings (SSSR count). The maximum absolute atomic E-state index is 12.6. The topological polar surface area (TPSA) is 35.6 Å². The first-order valence-electron chi connectivity index (χ1n) is 9.98. The zero-order valence-corrected chi connectivity index (χ0v) is 15.8. The van der Waals surface area contributed by atoms with E-state index in [-0.39, 0.29) is 11.9 Å². The van der Waals surface area contributed by atoms with E-state index in [9.17, 15) is 4.79 Å². The summed E-state index contributed by atoms with van der Waals surface area (Å²) in [4.78, 5) is 17.5. The Morgan fingerprint density at radius 1 is 1.20 bits per heavy atom. The van der Waals surface area contributed by atoms with Crippen molar-refractivity contribution in [3.63, 3.8) is 0 Å². The van der Waals surface area contributed by atoms with Gasteiger partial charge in [-0.05, 0) is 69.3 Å². The van der Waals surface area contributed by atoms with Crippen molar-refractivity contribution < 1.29 is 4.79 Å². The van der Waals surface area contributed by atoms with Crippen LogP contribution in [0.25, 0.3) is 0 Å². The van der Waals surface area contributed by atoms with Gasteiger partial charge in [-0.3, -0.25) is 9.69 Å². The predicted molar refractivity (Wildman–Crippen MR) is 102 cm³/mol. The maximum atomic E-state index is 12.6. The van der Waals surface area contributed by atoms with E-state index >= 15 is 0 Å². The van der Waals surface area contributed by atoms with Crippen molar-refractivity contribution in [2.75, 3.05) is 32.7 Å². The van der Waals surface area contributed by atoms with E-state index in [1.165, 1.54) is 50.0 Å². The van der Waals surface area contributed by atoms with Gasteiger partial charge in [-0.2, -0.15) is 0 Å². The molecule has 0 saturated carbocycles. The fourth-order valence-electron chi connectivity index (χ4n) is 4.14. The number of nitrogens with zero attached hydrogens (tertiary/aromatic N) is 2. The minimum Gasteiger partial charge on any atom is -0.354 e. The van der Waals surface area contributed by atoms with Crippen LogP contribution in [0.4, 0.5) is 0 Å². The molecule has 2 heterocycles. The molecule has 0 aromatic heterocycles. The number of rotatable bonds is 6. The molecule has 0 aliphatic carbocycles. The molecule has 0 radical (unpaired) electrons. The number of carbonyl (C=O) groups is 1. The van der Waals surface area contributed by atoms with Gasteiger partial charge < -0.3 is 10.2 Å². The second kappa shape index (κ2) is 8.81. The van der Waals surface area contributed by atoms with Gasteiger partial charge in [0.05, 0.1) is 6.04 Å². The van der Waals surface area contributed by atoms with Crippen molar-refractivity contribution in [2.45, 2.75) is 52.1 Å². The molecule has 2 aliphatic rings. The quantitative estimate of drug-likeness (QED) is 0.863. The number of hydrogen-bond acceptors (Lipinski definition) is 3. The first-order chi connectivity index (χ1) is 12.2. The molecule has 1 amide bonds. The van der Waals surface area contributed by atoms with E-state index in [1.54, 1.807) is 0 Å². The highest BCUT2D eigenvalue weighted by molar-refractivity contribution is 5.81. The first-order valence-corrected chi connectivity index (χ1v) is 9.98. The van der Waals surface area contributed by atoms with Crippen LogP contribution in [0.2, 0.25) is 0 Å². The summed E-state index contributed by atoms with van der Waals surface area (Å²) in [6.07, 6.45) is 4.71. The molecule has 0 bridgehead atoms. The number of piperidine rings is 1. The summed E-state index contributed by atoms with van der Waals surface area (Å²) in [5.41, 5.74) is 2.81. The van der Waals surface area contributed by atoms with Gasteiger partial charge in [-0.15, -0.1) is 0 Å². The van der Waals surface area contributed by atoms with Crippen LogP contribution in [0.5, 0.6) is 0 Å². The van der Waals surface area contributed by atoms with Crippen LogP contribution in [0.15, 0.2) is 24.3 Å². The average molecular weight is 344 g/mol. The van der Waals surface area contributed by atoms with E-state index in [4.69, 9.17) is 0 Å². The summed E-state index contributed by atoms with van der Waals surface area (Å²) < 4.78 is 0.